The first kappa shape index (κ1) is 24.2. The predicted octanol–water partition coefficient (Wildman–Crippen LogP) is 6.89. The second-order valence-electron chi connectivity index (χ2n) is 7.14. The molecule has 1 aromatic heterocycles. The predicted molar refractivity (Wildman–Crippen MR) is 132 cm³/mol. The number of para-hydroxylation sites is 1. The molecule has 0 saturated heterocycles. The Morgan fingerprint density at radius 1 is 1.06 bits per heavy atom. The van der Waals surface area contributed by atoms with Gasteiger partial charge in [-0.05, 0) is 80.7 Å². The molecule has 0 spiro atoms. The molecule has 0 N–H and O–H groups in total. The topological polar surface area (TPSA) is 56.5 Å². The van der Waals surface area contributed by atoms with E-state index < -0.39 is 17.3 Å². The number of rotatable bonds is 5. The number of hydrogen-bond acceptors (Lipinski definition) is 4. The third-order valence-corrected chi connectivity index (χ3v) is 6.01. The van der Waals surface area contributed by atoms with Crippen molar-refractivity contribution in [2.24, 2.45) is 5.10 Å². The smallest absolute Gasteiger partial charge is 0.416 e. The van der Waals surface area contributed by atoms with Crippen LogP contribution < -0.4 is 10.3 Å². The molecule has 4 aromatic rings. The summed E-state index contributed by atoms with van der Waals surface area (Å²) in [5, 5.41) is 4.60. The Bertz CT molecular complexity index is 1440. The maximum absolute atomic E-state index is 13.3. The SMILES string of the molecule is CCOc1c(Br)cc(C=Nn2c(-c3cccc(C(F)(F)F)c3)nc3ccccc3c2=O)cc1Br. The normalized spacial score (nSPS) is 11.9. The number of alkyl halides is 3. The Balaban J connectivity index is 1.89. The highest BCUT2D eigenvalue weighted by molar-refractivity contribution is 9.11. The van der Waals surface area contributed by atoms with Gasteiger partial charge in [0.05, 0.1) is 38.2 Å². The van der Waals surface area contributed by atoms with Gasteiger partial charge >= 0.3 is 6.18 Å². The second kappa shape index (κ2) is 9.71. The molecule has 4 rings (SSSR count). The van der Waals surface area contributed by atoms with Crippen molar-refractivity contribution < 1.29 is 17.9 Å². The quantitative estimate of drug-likeness (QED) is 0.236. The van der Waals surface area contributed by atoms with Gasteiger partial charge in [-0.15, -0.1) is 0 Å². The zero-order chi connectivity index (χ0) is 24.5. The molecule has 1 heterocycles. The highest BCUT2D eigenvalue weighted by Gasteiger charge is 2.31. The van der Waals surface area contributed by atoms with Crippen LogP contribution in [0.1, 0.15) is 18.1 Å². The fourth-order valence-corrected chi connectivity index (χ4v) is 4.76. The summed E-state index contributed by atoms with van der Waals surface area (Å²) < 4.78 is 47.9. The maximum atomic E-state index is 13.3. The Kier molecular flexibility index (Phi) is 6.90. The van der Waals surface area contributed by atoms with Gasteiger partial charge in [0.1, 0.15) is 5.75 Å². The molecule has 0 aliphatic heterocycles. The second-order valence-corrected chi connectivity index (χ2v) is 8.85. The summed E-state index contributed by atoms with van der Waals surface area (Å²) >= 11 is 6.89. The van der Waals surface area contributed by atoms with Crippen LogP contribution in [0.4, 0.5) is 13.2 Å². The molecule has 0 radical (unpaired) electrons. The van der Waals surface area contributed by atoms with Crippen LogP contribution in [0.5, 0.6) is 5.75 Å². The number of benzene rings is 3. The third-order valence-electron chi connectivity index (χ3n) is 4.83. The van der Waals surface area contributed by atoms with Crippen molar-refractivity contribution in [2.45, 2.75) is 13.1 Å². The Labute approximate surface area is 209 Å². The highest BCUT2D eigenvalue weighted by Crippen LogP contribution is 2.35. The standard InChI is InChI=1S/C24H16Br2F3N3O2/c1-2-34-21-18(25)10-14(11-19(21)26)13-30-32-22(15-6-5-7-16(12-15)24(27,28)29)31-20-9-4-3-8-17(20)23(32)33/h3-13H,2H2,1H3. The van der Waals surface area contributed by atoms with E-state index in [1.54, 1.807) is 36.4 Å². The number of fused-ring (bicyclic) bond motifs is 1. The average molecular weight is 595 g/mol. The van der Waals surface area contributed by atoms with Crippen LogP contribution in [0, 0.1) is 0 Å². The summed E-state index contributed by atoms with van der Waals surface area (Å²) in [6, 6.07) is 14.8. The molecular weight excluding hydrogens is 579 g/mol. The third kappa shape index (κ3) is 4.92. The van der Waals surface area contributed by atoms with E-state index in [2.05, 4.69) is 41.9 Å². The van der Waals surface area contributed by atoms with Crippen LogP contribution in [-0.4, -0.2) is 22.5 Å². The lowest BCUT2D eigenvalue weighted by Crippen LogP contribution is -2.20. The summed E-state index contributed by atoms with van der Waals surface area (Å²) in [7, 11) is 0. The summed E-state index contributed by atoms with van der Waals surface area (Å²) in [4.78, 5) is 17.7. The fourth-order valence-electron chi connectivity index (χ4n) is 3.31. The van der Waals surface area contributed by atoms with Crippen molar-refractivity contribution in [3.05, 3.63) is 91.1 Å². The van der Waals surface area contributed by atoms with Gasteiger partial charge in [0.15, 0.2) is 5.82 Å². The minimum Gasteiger partial charge on any atom is -0.492 e. The van der Waals surface area contributed by atoms with Crippen molar-refractivity contribution in [3.8, 4) is 17.1 Å². The summed E-state index contributed by atoms with van der Waals surface area (Å²) in [6.45, 7) is 2.34. The first-order chi connectivity index (χ1) is 16.2. The van der Waals surface area contributed by atoms with Crippen molar-refractivity contribution in [3.63, 3.8) is 0 Å². The summed E-state index contributed by atoms with van der Waals surface area (Å²) in [5.74, 6) is 0.615. The first-order valence-electron chi connectivity index (χ1n) is 10.0. The number of nitrogens with zero attached hydrogens (tertiary/aromatic N) is 3. The minimum atomic E-state index is -4.54. The van der Waals surface area contributed by atoms with Crippen molar-refractivity contribution in [1.29, 1.82) is 0 Å². The van der Waals surface area contributed by atoms with Crippen LogP contribution in [-0.2, 0) is 6.18 Å². The van der Waals surface area contributed by atoms with E-state index in [1.807, 2.05) is 6.92 Å². The van der Waals surface area contributed by atoms with Gasteiger partial charge in [-0.3, -0.25) is 4.79 Å². The van der Waals surface area contributed by atoms with Crippen molar-refractivity contribution in [1.82, 2.24) is 9.66 Å². The van der Waals surface area contributed by atoms with E-state index in [1.165, 1.54) is 18.3 Å². The number of aromatic nitrogens is 2. The maximum Gasteiger partial charge on any atom is 0.416 e. The van der Waals surface area contributed by atoms with Gasteiger partial charge in [-0.2, -0.15) is 22.9 Å². The van der Waals surface area contributed by atoms with Gasteiger partial charge in [0.2, 0.25) is 0 Å². The number of ether oxygens (including phenoxy) is 1. The molecule has 0 saturated carbocycles. The molecule has 0 fully saturated rings. The lowest BCUT2D eigenvalue weighted by Gasteiger charge is -2.12. The van der Waals surface area contributed by atoms with Crippen LogP contribution in [0.15, 0.2) is 79.5 Å². The number of hydrogen-bond donors (Lipinski definition) is 0. The Hall–Kier alpha value is -2.98. The fraction of sp³-hybridized carbons (Fsp3) is 0.125. The van der Waals surface area contributed by atoms with Gasteiger partial charge in [0.25, 0.3) is 5.56 Å². The molecule has 0 atom stereocenters. The molecular formula is C24H16Br2F3N3O2. The van der Waals surface area contributed by atoms with Gasteiger partial charge in [-0.1, -0.05) is 24.3 Å². The van der Waals surface area contributed by atoms with Crippen LogP contribution in [0.2, 0.25) is 0 Å². The van der Waals surface area contributed by atoms with Crippen LogP contribution in [0.3, 0.4) is 0 Å². The lowest BCUT2D eigenvalue weighted by atomic mass is 10.1. The highest BCUT2D eigenvalue weighted by atomic mass is 79.9. The van der Waals surface area contributed by atoms with Gasteiger partial charge in [0, 0.05) is 5.56 Å². The largest absolute Gasteiger partial charge is 0.492 e. The number of halogens is 5. The Morgan fingerprint density at radius 3 is 2.44 bits per heavy atom. The van der Waals surface area contributed by atoms with E-state index in [4.69, 9.17) is 4.74 Å². The molecule has 0 aliphatic rings. The summed E-state index contributed by atoms with van der Waals surface area (Å²) in [5.41, 5.74) is -0.250. The first-order valence-corrected chi connectivity index (χ1v) is 11.6. The van der Waals surface area contributed by atoms with Crippen molar-refractivity contribution >= 4 is 49.0 Å². The molecule has 0 unspecified atom stereocenters. The van der Waals surface area contributed by atoms with E-state index in [-0.39, 0.29) is 11.4 Å². The van der Waals surface area contributed by atoms with Crippen LogP contribution in [0.25, 0.3) is 22.3 Å². The zero-order valence-corrected chi connectivity index (χ0v) is 20.8. The molecule has 0 bridgehead atoms. The minimum absolute atomic E-state index is 0.00452. The van der Waals surface area contributed by atoms with E-state index >= 15 is 0 Å². The molecule has 3 aromatic carbocycles. The van der Waals surface area contributed by atoms with Gasteiger partial charge < -0.3 is 4.74 Å². The molecule has 5 nitrogen and oxygen atoms in total. The average Bonchev–Trinajstić information content (AvgIpc) is 2.80. The monoisotopic (exact) mass is 593 g/mol. The van der Waals surface area contributed by atoms with Crippen LogP contribution >= 0.6 is 31.9 Å². The molecule has 34 heavy (non-hydrogen) atoms. The molecule has 10 heteroatoms. The summed E-state index contributed by atoms with van der Waals surface area (Å²) in [6.07, 6.45) is -3.11. The lowest BCUT2D eigenvalue weighted by molar-refractivity contribution is -0.137. The molecule has 0 amide bonds. The van der Waals surface area contributed by atoms with Gasteiger partial charge in [-0.25, -0.2) is 4.98 Å². The molecule has 174 valence electrons. The Morgan fingerprint density at radius 2 is 1.76 bits per heavy atom. The van der Waals surface area contributed by atoms with E-state index in [9.17, 15) is 18.0 Å². The molecule has 0 aliphatic carbocycles. The van der Waals surface area contributed by atoms with E-state index in [0.717, 1.165) is 16.8 Å². The zero-order valence-electron chi connectivity index (χ0n) is 17.6. The van der Waals surface area contributed by atoms with Crippen molar-refractivity contribution in [2.75, 3.05) is 6.61 Å². The van der Waals surface area contributed by atoms with E-state index in [0.29, 0.717) is 37.8 Å².